The first-order valence-electron chi connectivity index (χ1n) is 7.82. The van der Waals surface area contributed by atoms with Crippen LogP contribution in [0.1, 0.15) is 11.1 Å². The van der Waals surface area contributed by atoms with Gasteiger partial charge >= 0.3 is 0 Å². The molecular weight excluding hydrogens is 340 g/mol. The highest BCUT2D eigenvalue weighted by Crippen LogP contribution is 2.27. The number of likely N-dealkylation sites (N-methyl/N-ethyl adjacent to an activating group) is 1. The predicted molar refractivity (Wildman–Crippen MR) is 99.2 cm³/mol. The second kappa shape index (κ2) is 8.53. The molecule has 0 aliphatic rings. The van der Waals surface area contributed by atoms with Gasteiger partial charge in [-0.15, -0.1) is 0 Å². The average Bonchev–Trinajstić information content (AvgIpc) is 2.57. The van der Waals surface area contributed by atoms with Crippen LogP contribution in [0.3, 0.4) is 0 Å². The first-order valence-corrected chi connectivity index (χ1v) is 8.19. The topological polar surface area (TPSA) is 58.6 Å². The monoisotopic (exact) mass is 360 g/mol. The fraction of sp³-hybridized carbons (Fsp3) is 0.263. The third-order valence-corrected chi connectivity index (χ3v) is 3.95. The standard InChI is InChI=1S/C19H21ClN2O3/c1-13-4-6-14(7-5-13)10-19(24)22(2)12-18(23)21-16-11-15(20)8-9-17(16)25-3/h4-9,11H,10,12H2,1-3H3,(H,21,23). The molecule has 0 bridgehead atoms. The summed E-state index contributed by atoms with van der Waals surface area (Å²) in [6.45, 7) is 1.94. The van der Waals surface area contributed by atoms with Gasteiger partial charge in [0, 0.05) is 12.1 Å². The van der Waals surface area contributed by atoms with E-state index in [0.717, 1.165) is 11.1 Å². The van der Waals surface area contributed by atoms with Gasteiger partial charge in [-0.05, 0) is 30.7 Å². The number of nitrogens with one attached hydrogen (secondary N) is 1. The summed E-state index contributed by atoms with van der Waals surface area (Å²) >= 11 is 5.94. The Balaban J connectivity index is 1.94. The number of benzene rings is 2. The Morgan fingerprint density at radius 2 is 1.84 bits per heavy atom. The van der Waals surface area contributed by atoms with E-state index in [0.29, 0.717) is 16.5 Å². The first-order chi connectivity index (χ1) is 11.9. The van der Waals surface area contributed by atoms with Crippen molar-refractivity contribution < 1.29 is 14.3 Å². The third kappa shape index (κ3) is 5.50. The van der Waals surface area contributed by atoms with Crippen LogP contribution in [0.25, 0.3) is 0 Å². The van der Waals surface area contributed by atoms with Crippen LogP contribution in [-0.2, 0) is 16.0 Å². The van der Waals surface area contributed by atoms with Gasteiger partial charge in [-0.3, -0.25) is 9.59 Å². The van der Waals surface area contributed by atoms with E-state index in [2.05, 4.69) is 5.32 Å². The van der Waals surface area contributed by atoms with Gasteiger partial charge in [-0.25, -0.2) is 0 Å². The average molecular weight is 361 g/mol. The molecule has 0 spiro atoms. The Bertz CT molecular complexity index is 760. The number of hydrogen-bond acceptors (Lipinski definition) is 3. The van der Waals surface area contributed by atoms with Gasteiger partial charge in [0.05, 0.1) is 25.8 Å². The van der Waals surface area contributed by atoms with E-state index in [-0.39, 0.29) is 24.8 Å². The number of methoxy groups -OCH3 is 1. The zero-order chi connectivity index (χ0) is 18.4. The molecule has 2 rings (SSSR count). The molecule has 1 N–H and O–H groups in total. The molecule has 2 amide bonds. The van der Waals surface area contributed by atoms with Crippen LogP contribution in [-0.4, -0.2) is 37.4 Å². The highest BCUT2D eigenvalue weighted by Gasteiger charge is 2.15. The van der Waals surface area contributed by atoms with Gasteiger partial charge in [0.25, 0.3) is 0 Å². The molecule has 0 saturated carbocycles. The van der Waals surface area contributed by atoms with Crippen molar-refractivity contribution in [3.8, 4) is 5.75 Å². The minimum Gasteiger partial charge on any atom is -0.495 e. The molecule has 0 unspecified atom stereocenters. The van der Waals surface area contributed by atoms with Gasteiger partial charge in [-0.1, -0.05) is 41.4 Å². The number of nitrogens with zero attached hydrogens (tertiary/aromatic N) is 1. The summed E-state index contributed by atoms with van der Waals surface area (Å²) in [6, 6.07) is 12.7. The second-order valence-corrected chi connectivity index (χ2v) is 6.24. The minimum atomic E-state index is -0.319. The second-order valence-electron chi connectivity index (χ2n) is 5.80. The van der Waals surface area contributed by atoms with Crippen LogP contribution in [0, 0.1) is 6.92 Å². The molecule has 0 saturated heterocycles. The number of amides is 2. The molecule has 0 aromatic heterocycles. The van der Waals surface area contributed by atoms with E-state index < -0.39 is 0 Å². The number of halogens is 1. The van der Waals surface area contributed by atoms with Gasteiger partial charge < -0.3 is 15.0 Å². The summed E-state index contributed by atoms with van der Waals surface area (Å²) in [7, 11) is 3.11. The van der Waals surface area contributed by atoms with E-state index >= 15 is 0 Å². The summed E-state index contributed by atoms with van der Waals surface area (Å²) in [5, 5.41) is 3.20. The normalized spacial score (nSPS) is 10.2. The number of carbonyl (C=O) groups is 2. The Kier molecular flexibility index (Phi) is 6.42. The highest BCUT2D eigenvalue weighted by molar-refractivity contribution is 6.31. The molecular formula is C19H21ClN2O3. The lowest BCUT2D eigenvalue weighted by Crippen LogP contribution is -2.35. The predicted octanol–water partition coefficient (Wildman–Crippen LogP) is 3.30. The van der Waals surface area contributed by atoms with Crippen LogP contribution in [0.4, 0.5) is 5.69 Å². The Hall–Kier alpha value is -2.53. The van der Waals surface area contributed by atoms with Gasteiger partial charge in [0.2, 0.25) is 11.8 Å². The molecule has 5 nitrogen and oxygen atoms in total. The highest BCUT2D eigenvalue weighted by atomic mass is 35.5. The molecule has 0 atom stereocenters. The Labute approximate surface area is 152 Å². The smallest absolute Gasteiger partial charge is 0.244 e. The lowest BCUT2D eigenvalue weighted by Gasteiger charge is -2.18. The molecule has 132 valence electrons. The zero-order valence-corrected chi connectivity index (χ0v) is 15.3. The number of aryl methyl sites for hydroxylation is 1. The summed E-state index contributed by atoms with van der Waals surface area (Å²) in [6.07, 6.45) is 0.255. The first kappa shape index (κ1) is 18.8. The van der Waals surface area contributed by atoms with Gasteiger partial charge in [0.1, 0.15) is 5.75 Å². The van der Waals surface area contributed by atoms with E-state index in [1.807, 2.05) is 31.2 Å². The van der Waals surface area contributed by atoms with Crippen molar-refractivity contribution in [2.45, 2.75) is 13.3 Å². The lowest BCUT2D eigenvalue weighted by atomic mass is 10.1. The molecule has 2 aromatic rings. The molecule has 0 fully saturated rings. The maximum Gasteiger partial charge on any atom is 0.244 e. The molecule has 0 aliphatic heterocycles. The van der Waals surface area contributed by atoms with Crippen LogP contribution < -0.4 is 10.1 Å². The van der Waals surface area contributed by atoms with Crippen molar-refractivity contribution in [2.75, 3.05) is 26.0 Å². The van der Waals surface area contributed by atoms with Crippen molar-refractivity contribution in [2.24, 2.45) is 0 Å². The summed E-state index contributed by atoms with van der Waals surface area (Å²) in [5.41, 5.74) is 2.53. The SMILES string of the molecule is COc1ccc(Cl)cc1NC(=O)CN(C)C(=O)Cc1ccc(C)cc1. The quantitative estimate of drug-likeness (QED) is 0.859. The third-order valence-electron chi connectivity index (χ3n) is 3.72. The molecule has 0 heterocycles. The lowest BCUT2D eigenvalue weighted by molar-refractivity contribution is -0.132. The van der Waals surface area contributed by atoms with E-state index in [4.69, 9.17) is 16.3 Å². The van der Waals surface area contributed by atoms with Crippen molar-refractivity contribution in [3.63, 3.8) is 0 Å². The fourth-order valence-electron chi connectivity index (χ4n) is 2.29. The summed E-state index contributed by atoms with van der Waals surface area (Å²) < 4.78 is 5.19. The van der Waals surface area contributed by atoms with E-state index in [9.17, 15) is 9.59 Å². The van der Waals surface area contributed by atoms with E-state index in [1.54, 1.807) is 25.2 Å². The number of carbonyl (C=O) groups excluding carboxylic acids is 2. The van der Waals surface area contributed by atoms with Gasteiger partial charge in [-0.2, -0.15) is 0 Å². The van der Waals surface area contributed by atoms with Crippen LogP contribution in [0.5, 0.6) is 5.75 Å². The summed E-state index contributed by atoms with van der Waals surface area (Å²) in [5.74, 6) is 0.0590. The molecule has 0 radical (unpaired) electrons. The maximum atomic E-state index is 12.3. The summed E-state index contributed by atoms with van der Waals surface area (Å²) in [4.78, 5) is 25.9. The molecule has 25 heavy (non-hydrogen) atoms. The minimum absolute atomic E-state index is 0.0552. The van der Waals surface area contributed by atoms with Crippen molar-refractivity contribution in [3.05, 3.63) is 58.6 Å². The van der Waals surface area contributed by atoms with Crippen molar-refractivity contribution in [1.29, 1.82) is 0 Å². The van der Waals surface area contributed by atoms with Crippen LogP contribution in [0.15, 0.2) is 42.5 Å². The molecule has 6 heteroatoms. The Morgan fingerprint density at radius 1 is 1.16 bits per heavy atom. The number of rotatable bonds is 6. The van der Waals surface area contributed by atoms with Crippen molar-refractivity contribution in [1.82, 2.24) is 4.90 Å². The fourth-order valence-corrected chi connectivity index (χ4v) is 2.46. The number of hydrogen-bond donors (Lipinski definition) is 1. The van der Waals surface area contributed by atoms with Crippen molar-refractivity contribution >= 4 is 29.1 Å². The maximum absolute atomic E-state index is 12.3. The largest absolute Gasteiger partial charge is 0.495 e. The number of ether oxygens (including phenoxy) is 1. The van der Waals surface area contributed by atoms with Crippen LogP contribution >= 0.6 is 11.6 Å². The number of anilines is 1. The zero-order valence-electron chi connectivity index (χ0n) is 14.5. The molecule has 2 aromatic carbocycles. The van der Waals surface area contributed by atoms with E-state index in [1.165, 1.54) is 12.0 Å². The van der Waals surface area contributed by atoms with Crippen LogP contribution in [0.2, 0.25) is 5.02 Å². The Morgan fingerprint density at radius 3 is 2.48 bits per heavy atom. The molecule has 0 aliphatic carbocycles. The van der Waals surface area contributed by atoms with Gasteiger partial charge in [0.15, 0.2) is 0 Å².